The van der Waals surface area contributed by atoms with Crippen molar-refractivity contribution in [2.45, 2.75) is 96.1 Å². The van der Waals surface area contributed by atoms with Gasteiger partial charge >= 0.3 is 0 Å². The lowest BCUT2D eigenvalue weighted by atomic mass is 9.56. The monoisotopic (exact) mass is 410 g/mol. The van der Waals surface area contributed by atoms with Gasteiger partial charge in [0.2, 0.25) is 0 Å². The number of aromatic nitrogens is 2. The van der Waals surface area contributed by atoms with E-state index in [0.717, 1.165) is 44.2 Å². The Kier molecular flexibility index (Phi) is 5.16. The Balaban J connectivity index is 1.18. The average molecular weight is 411 g/mol. The van der Waals surface area contributed by atoms with E-state index < -0.39 is 0 Å². The molecule has 0 amide bonds. The van der Waals surface area contributed by atoms with Crippen molar-refractivity contribution in [3.8, 4) is 0 Å². The molecule has 1 aliphatic heterocycles. The molecular formula is C25H38N4O. The number of anilines is 1. The normalized spacial score (nSPS) is 34.0. The summed E-state index contributed by atoms with van der Waals surface area (Å²) in [5, 5.41) is 0. The van der Waals surface area contributed by atoms with Crippen molar-refractivity contribution in [2.75, 3.05) is 24.5 Å². The molecule has 1 aromatic rings. The van der Waals surface area contributed by atoms with Crippen LogP contribution in [0.25, 0.3) is 0 Å². The largest absolute Gasteiger partial charge is 0.366 e. The van der Waals surface area contributed by atoms with Crippen molar-refractivity contribution in [3.05, 3.63) is 18.2 Å². The number of rotatable bonds is 5. The fourth-order valence-corrected chi connectivity index (χ4v) is 6.51. The second kappa shape index (κ2) is 7.58. The Labute approximate surface area is 181 Å². The number of piperazine rings is 1. The van der Waals surface area contributed by atoms with E-state index in [2.05, 4.69) is 33.6 Å². The SMILES string of the molecule is CCC(C)c1ncc(N2CCN(C3CC4(CCC(C(C)=O)CC4)C3)C3(CC3)C2)cn1. The van der Waals surface area contributed by atoms with Crippen LogP contribution in [0.1, 0.15) is 90.3 Å². The third kappa shape index (κ3) is 3.57. The van der Waals surface area contributed by atoms with E-state index in [1.54, 1.807) is 6.92 Å². The molecule has 4 aliphatic rings. The van der Waals surface area contributed by atoms with E-state index in [4.69, 9.17) is 0 Å². The second-order valence-corrected chi connectivity index (χ2v) is 10.9. The van der Waals surface area contributed by atoms with Gasteiger partial charge in [0.25, 0.3) is 0 Å². The molecular weight excluding hydrogens is 372 g/mol. The van der Waals surface area contributed by atoms with Crippen molar-refractivity contribution in [2.24, 2.45) is 11.3 Å². The molecule has 3 saturated carbocycles. The van der Waals surface area contributed by atoms with E-state index >= 15 is 0 Å². The molecule has 2 heterocycles. The van der Waals surface area contributed by atoms with E-state index in [1.807, 2.05) is 12.4 Å². The number of carbonyl (C=O) groups excluding carboxylic acids is 1. The van der Waals surface area contributed by atoms with Crippen LogP contribution in [0.2, 0.25) is 0 Å². The standard InChI is InChI=1S/C25H38N4O/c1-4-18(2)23-26-15-22(16-27-23)28-11-12-29(25(17-28)9-10-25)21-13-24(14-21)7-5-20(6-8-24)19(3)30/h15-16,18,20-21H,4-14,17H2,1-3H3. The van der Waals surface area contributed by atoms with E-state index in [-0.39, 0.29) is 0 Å². The van der Waals surface area contributed by atoms with Crippen molar-refractivity contribution < 1.29 is 4.79 Å². The van der Waals surface area contributed by atoms with Crippen LogP contribution in [-0.2, 0) is 4.79 Å². The Morgan fingerprint density at radius 1 is 1.13 bits per heavy atom. The minimum atomic E-state index is 0.349. The fourth-order valence-electron chi connectivity index (χ4n) is 6.51. The lowest BCUT2D eigenvalue weighted by molar-refractivity contribution is -0.124. The maximum absolute atomic E-state index is 11.7. The summed E-state index contributed by atoms with van der Waals surface area (Å²) in [4.78, 5) is 26.4. The third-order valence-corrected chi connectivity index (χ3v) is 9.01. The smallest absolute Gasteiger partial charge is 0.132 e. The zero-order valence-corrected chi connectivity index (χ0v) is 19.1. The second-order valence-electron chi connectivity index (χ2n) is 10.9. The van der Waals surface area contributed by atoms with Gasteiger partial charge in [-0.2, -0.15) is 0 Å². The minimum Gasteiger partial charge on any atom is -0.366 e. The first kappa shape index (κ1) is 20.4. The summed E-state index contributed by atoms with van der Waals surface area (Å²) < 4.78 is 0. The van der Waals surface area contributed by atoms with Gasteiger partial charge in [-0.25, -0.2) is 9.97 Å². The molecule has 2 spiro atoms. The summed E-state index contributed by atoms with van der Waals surface area (Å²) in [5.41, 5.74) is 2.15. The Hall–Kier alpha value is -1.49. The highest BCUT2D eigenvalue weighted by Gasteiger charge is 2.58. The maximum atomic E-state index is 11.7. The molecule has 0 bridgehead atoms. The molecule has 4 fully saturated rings. The zero-order valence-electron chi connectivity index (χ0n) is 19.1. The highest BCUT2D eigenvalue weighted by Crippen LogP contribution is 2.58. The summed E-state index contributed by atoms with van der Waals surface area (Å²) in [7, 11) is 0. The van der Waals surface area contributed by atoms with Gasteiger partial charge in [-0.3, -0.25) is 9.69 Å². The molecule has 3 aliphatic carbocycles. The number of hydrogen-bond donors (Lipinski definition) is 0. The number of hydrogen-bond acceptors (Lipinski definition) is 5. The first-order chi connectivity index (χ1) is 14.4. The van der Waals surface area contributed by atoms with Crippen molar-refractivity contribution in [1.82, 2.24) is 14.9 Å². The molecule has 5 nitrogen and oxygen atoms in total. The zero-order chi connectivity index (χ0) is 20.9. The first-order valence-corrected chi connectivity index (χ1v) is 12.3. The van der Waals surface area contributed by atoms with Crippen LogP contribution in [0.3, 0.4) is 0 Å². The number of Topliss-reactive ketones (excluding diaryl/α,β-unsaturated/α-hetero) is 1. The molecule has 0 aromatic carbocycles. The van der Waals surface area contributed by atoms with Crippen LogP contribution in [0.4, 0.5) is 5.69 Å². The number of ketones is 1. The third-order valence-electron chi connectivity index (χ3n) is 9.01. The van der Waals surface area contributed by atoms with Gasteiger partial charge in [0.1, 0.15) is 11.6 Å². The van der Waals surface area contributed by atoms with Crippen LogP contribution < -0.4 is 4.90 Å². The molecule has 0 radical (unpaired) electrons. The van der Waals surface area contributed by atoms with Gasteiger partial charge in [-0.15, -0.1) is 0 Å². The summed E-state index contributed by atoms with van der Waals surface area (Å²) in [6, 6.07) is 0.771. The lowest BCUT2D eigenvalue weighted by Gasteiger charge is -2.58. The molecule has 1 aromatic heterocycles. The number of carbonyl (C=O) groups is 1. The van der Waals surface area contributed by atoms with Gasteiger partial charge in [0.05, 0.1) is 18.1 Å². The van der Waals surface area contributed by atoms with Crippen LogP contribution >= 0.6 is 0 Å². The molecule has 1 unspecified atom stereocenters. The molecule has 30 heavy (non-hydrogen) atoms. The van der Waals surface area contributed by atoms with E-state index in [9.17, 15) is 4.79 Å². The van der Waals surface area contributed by atoms with Crippen molar-refractivity contribution in [3.63, 3.8) is 0 Å². The average Bonchev–Trinajstić information content (AvgIpc) is 3.51. The highest BCUT2D eigenvalue weighted by atomic mass is 16.1. The van der Waals surface area contributed by atoms with E-state index in [1.165, 1.54) is 50.8 Å². The topological polar surface area (TPSA) is 49.3 Å². The van der Waals surface area contributed by atoms with Crippen LogP contribution in [0.5, 0.6) is 0 Å². The predicted molar refractivity (Wildman–Crippen MR) is 120 cm³/mol. The van der Waals surface area contributed by atoms with Gasteiger partial charge in [-0.1, -0.05) is 13.8 Å². The molecule has 0 N–H and O–H groups in total. The Morgan fingerprint density at radius 2 is 1.80 bits per heavy atom. The molecule has 5 rings (SSSR count). The predicted octanol–water partition coefficient (Wildman–Crippen LogP) is 4.57. The summed E-state index contributed by atoms with van der Waals surface area (Å²) in [5.74, 6) is 2.17. The fraction of sp³-hybridized carbons (Fsp3) is 0.800. The lowest BCUT2D eigenvalue weighted by Crippen LogP contribution is -2.63. The van der Waals surface area contributed by atoms with Crippen LogP contribution in [-0.4, -0.2) is 51.9 Å². The van der Waals surface area contributed by atoms with Crippen molar-refractivity contribution in [1.29, 1.82) is 0 Å². The quantitative estimate of drug-likeness (QED) is 0.711. The molecule has 1 saturated heterocycles. The molecule has 1 atom stereocenters. The van der Waals surface area contributed by atoms with Gasteiger partial charge in [0.15, 0.2) is 0 Å². The minimum absolute atomic E-state index is 0.349. The first-order valence-electron chi connectivity index (χ1n) is 12.3. The van der Waals surface area contributed by atoms with Crippen LogP contribution in [0, 0.1) is 11.3 Å². The number of nitrogens with zero attached hydrogens (tertiary/aromatic N) is 4. The molecule has 5 heteroatoms. The van der Waals surface area contributed by atoms with Crippen LogP contribution in [0.15, 0.2) is 12.4 Å². The van der Waals surface area contributed by atoms with Gasteiger partial charge in [0, 0.05) is 43.1 Å². The van der Waals surface area contributed by atoms with Crippen molar-refractivity contribution >= 4 is 11.5 Å². The molecule has 164 valence electrons. The summed E-state index contributed by atoms with van der Waals surface area (Å²) in [6.07, 6.45) is 15.4. The maximum Gasteiger partial charge on any atom is 0.132 e. The summed E-state index contributed by atoms with van der Waals surface area (Å²) >= 11 is 0. The van der Waals surface area contributed by atoms with E-state index in [0.29, 0.717) is 28.6 Å². The highest BCUT2D eigenvalue weighted by molar-refractivity contribution is 5.78. The Bertz CT molecular complexity index is 771. The van der Waals surface area contributed by atoms with Gasteiger partial charge < -0.3 is 4.90 Å². The van der Waals surface area contributed by atoms with Gasteiger partial charge in [-0.05, 0) is 70.1 Å². The summed E-state index contributed by atoms with van der Waals surface area (Å²) in [6.45, 7) is 9.57. The Morgan fingerprint density at radius 3 is 2.37 bits per heavy atom.